The van der Waals surface area contributed by atoms with Gasteiger partial charge in [-0.15, -0.1) is 13.2 Å². The average molecular weight is 405 g/mol. The number of anilines is 1. The van der Waals surface area contributed by atoms with Crippen LogP contribution in [0.3, 0.4) is 0 Å². The molecule has 1 aromatic heterocycles. The van der Waals surface area contributed by atoms with Crippen molar-refractivity contribution in [3.05, 3.63) is 53.9 Å². The Labute approximate surface area is 162 Å². The predicted molar refractivity (Wildman–Crippen MR) is 94.3 cm³/mol. The number of fused-ring (bicyclic) bond motifs is 1. The number of amides is 1. The highest BCUT2D eigenvalue weighted by Gasteiger charge is 2.31. The number of ether oxygens (including phenoxy) is 2. The quantitative estimate of drug-likeness (QED) is 0.656. The van der Waals surface area contributed by atoms with Crippen molar-refractivity contribution in [2.75, 3.05) is 11.5 Å². The van der Waals surface area contributed by atoms with Crippen molar-refractivity contribution >= 4 is 11.6 Å². The molecule has 4 rings (SSSR count). The fourth-order valence-corrected chi connectivity index (χ4v) is 2.86. The highest BCUT2D eigenvalue weighted by atomic mass is 19.4. The predicted octanol–water partition coefficient (Wildman–Crippen LogP) is 3.87. The van der Waals surface area contributed by atoms with Crippen LogP contribution in [0.15, 0.2) is 47.0 Å². The smallest absolute Gasteiger partial charge is 0.482 e. The summed E-state index contributed by atoms with van der Waals surface area (Å²) in [5.74, 6) is 0.343. The van der Waals surface area contributed by atoms with E-state index in [1.165, 1.54) is 17.0 Å². The Morgan fingerprint density at radius 1 is 1.17 bits per heavy atom. The summed E-state index contributed by atoms with van der Waals surface area (Å²) in [5, 5.41) is 3.83. The van der Waals surface area contributed by atoms with Crippen molar-refractivity contribution in [1.29, 1.82) is 0 Å². The molecule has 7 nitrogen and oxygen atoms in total. The molecule has 3 aromatic rings. The SMILES string of the molecule is Cc1ccc2c(c1)OCC(=O)N2Cc1nc(-c2ccc(OC(F)(F)F)cc2)no1. The van der Waals surface area contributed by atoms with E-state index in [1.807, 2.05) is 19.1 Å². The number of halogens is 3. The number of carbonyl (C=O) groups is 1. The third kappa shape index (κ3) is 4.15. The lowest BCUT2D eigenvalue weighted by Crippen LogP contribution is -2.38. The number of nitrogens with zero attached hydrogens (tertiary/aromatic N) is 3. The number of aromatic nitrogens is 2. The van der Waals surface area contributed by atoms with E-state index in [4.69, 9.17) is 9.26 Å². The van der Waals surface area contributed by atoms with Crippen LogP contribution in [0, 0.1) is 6.92 Å². The molecule has 0 saturated carbocycles. The average Bonchev–Trinajstić information content (AvgIpc) is 3.12. The Hall–Kier alpha value is -3.56. The van der Waals surface area contributed by atoms with E-state index in [1.54, 1.807) is 6.07 Å². The molecule has 0 bridgehead atoms. The van der Waals surface area contributed by atoms with Gasteiger partial charge in [-0.3, -0.25) is 9.69 Å². The molecule has 0 saturated heterocycles. The van der Waals surface area contributed by atoms with Gasteiger partial charge in [-0.05, 0) is 48.9 Å². The van der Waals surface area contributed by atoms with Crippen LogP contribution < -0.4 is 14.4 Å². The molecule has 0 radical (unpaired) electrons. The first-order chi connectivity index (χ1) is 13.8. The molecular formula is C19H14F3N3O4. The molecule has 2 heterocycles. The zero-order valence-electron chi connectivity index (χ0n) is 15.1. The lowest BCUT2D eigenvalue weighted by atomic mass is 10.1. The summed E-state index contributed by atoms with van der Waals surface area (Å²) in [7, 11) is 0. The van der Waals surface area contributed by atoms with Gasteiger partial charge in [0.05, 0.1) is 5.69 Å². The van der Waals surface area contributed by atoms with Gasteiger partial charge < -0.3 is 14.0 Å². The molecule has 0 fully saturated rings. The Bertz CT molecular complexity index is 1050. The monoisotopic (exact) mass is 405 g/mol. The first kappa shape index (κ1) is 18.8. The normalized spacial score (nSPS) is 13.8. The summed E-state index contributed by atoms with van der Waals surface area (Å²) in [6.07, 6.45) is -4.76. The molecule has 1 aliphatic rings. The molecule has 0 aliphatic carbocycles. The number of aryl methyl sites for hydroxylation is 1. The fraction of sp³-hybridized carbons (Fsp3) is 0.211. The van der Waals surface area contributed by atoms with Gasteiger partial charge in [-0.1, -0.05) is 11.2 Å². The third-order valence-corrected chi connectivity index (χ3v) is 4.17. The van der Waals surface area contributed by atoms with Crippen LogP contribution in [0.1, 0.15) is 11.5 Å². The number of hydrogen-bond donors (Lipinski definition) is 0. The first-order valence-electron chi connectivity index (χ1n) is 8.51. The van der Waals surface area contributed by atoms with Crippen LogP contribution in [0.4, 0.5) is 18.9 Å². The molecule has 2 aromatic carbocycles. The molecular weight excluding hydrogens is 391 g/mol. The summed E-state index contributed by atoms with van der Waals surface area (Å²) in [6.45, 7) is 1.86. The molecule has 29 heavy (non-hydrogen) atoms. The Morgan fingerprint density at radius 3 is 2.66 bits per heavy atom. The van der Waals surface area contributed by atoms with Gasteiger partial charge in [-0.2, -0.15) is 4.98 Å². The highest BCUT2D eigenvalue weighted by Crippen LogP contribution is 2.34. The van der Waals surface area contributed by atoms with E-state index in [9.17, 15) is 18.0 Å². The molecule has 0 unspecified atom stereocenters. The maximum atomic E-state index is 12.3. The van der Waals surface area contributed by atoms with E-state index in [-0.39, 0.29) is 36.5 Å². The third-order valence-electron chi connectivity index (χ3n) is 4.17. The number of hydrogen-bond acceptors (Lipinski definition) is 6. The fourth-order valence-electron chi connectivity index (χ4n) is 2.86. The van der Waals surface area contributed by atoms with Gasteiger partial charge >= 0.3 is 6.36 Å². The van der Waals surface area contributed by atoms with Gasteiger partial charge in [0, 0.05) is 5.56 Å². The van der Waals surface area contributed by atoms with Crippen LogP contribution in [0.25, 0.3) is 11.4 Å². The highest BCUT2D eigenvalue weighted by molar-refractivity contribution is 5.97. The van der Waals surface area contributed by atoms with Crippen molar-refractivity contribution in [3.8, 4) is 22.9 Å². The van der Waals surface area contributed by atoms with Crippen molar-refractivity contribution in [2.24, 2.45) is 0 Å². The minimum Gasteiger partial charge on any atom is -0.482 e. The Balaban J connectivity index is 1.52. The molecule has 1 amide bonds. The minimum absolute atomic E-state index is 0.0422. The van der Waals surface area contributed by atoms with Crippen LogP contribution in [0.5, 0.6) is 11.5 Å². The van der Waals surface area contributed by atoms with Gasteiger partial charge in [0.25, 0.3) is 5.91 Å². The van der Waals surface area contributed by atoms with Crippen LogP contribution in [-0.4, -0.2) is 29.0 Å². The van der Waals surface area contributed by atoms with Crippen molar-refractivity contribution in [2.45, 2.75) is 19.8 Å². The maximum Gasteiger partial charge on any atom is 0.573 e. The van der Waals surface area contributed by atoms with Gasteiger partial charge in [0.2, 0.25) is 11.7 Å². The lowest BCUT2D eigenvalue weighted by Gasteiger charge is -2.28. The molecule has 0 N–H and O–H groups in total. The van der Waals surface area contributed by atoms with Crippen LogP contribution in [-0.2, 0) is 11.3 Å². The summed E-state index contributed by atoms with van der Waals surface area (Å²) < 4.78 is 51.2. The number of rotatable bonds is 4. The molecule has 10 heteroatoms. The molecule has 150 valence electrons. The largest absolute Gasteiger partial charge is 0.573 e. The van der Waals surface area contributed by atoms with Gasteiger partial charge in [-0.25, -0.2) is 0 Å². The Morgan fingerprint density at radius 2 is 1.93 bits per heavy atom. The van der Waals surface area contributed by atoms with E-state index in [2.05, 4.69) is 14.9 Å². The van der Waals surface area contributed by atoms with E-state index < -0.39 is 6.36 Å². The first-order valence-corrected chi connectivity index (χ1v) is 8.51. The second-order valence-electron chi connectivity index (χ2n) is 6.32. The number of alkyl halides is 3. The standard InChI is InChI=1S/C19H14F3N3O4/c1-11-2-7-14-15(8-11)27-10-17(26)25(14)9-16-23-18(24-29-16)12-3-5-13(6-4-12)28-19(20,21)22/h2-8H,9-10H2,1H3. The summed E-state index contributed by atoms with van der Waals surface area (Å²) in [4.78, 5) is 18.0. The second kappa shape index (κ2) is 7.12. The van der Waals surface area contributed by atoms with E-state index >= 15 is 0 Å². The van der Waals surface area contributed by atoms with E-state index in [0.717, 1.165) is 17.7 Å². The summed E-state index contributed by atoms with van der Waals surface area (Å²) in [5.41, 5.74) is 2.04. The summed E-state index contributed by atoms with van der Waals surface area (Å²) in [6, 6.07) is 10.5. The molecule has 1 aliphatic heterocycles. The van der Waals surface area contributed by atoms with Crippen molar-refractivity contribution in [1.82, 2.24) is 10.1 Å². The zero-order chi connectivity index (χ0) is 20.6. The van der Waals surface area contributed by atoms with Gasteiger partial charge in [0.15, 0.2) is 6.61 Å². The second-order valence-corrected chi connectivity index (χ2v) is 6.32. The zero-order valence-corrected chi connectivity index (χ0v) is 15.1. The lowest BCUT2D eigenvalue weighted by molar-refractivity contribution is -0.274. The Kier molecular flexibility index (Phi) is 4.61. The van der Waals surface area contributed by atoms with Crippen LogP contribution in [0.2, 0.25) is 0 Å². The van der Waals surface area contributed by atoms with Crippen molar-refractivity contribution < 1.29 is 32.0 Å². The molecule has 0 spiro atoms. The molecule has 0 atom stereocenters. The topological polar surface area (TPSA) is 77.7 Å². The van der Waals surface area contributed by atoms with E-state index in [0.29, 0.717) is 17.0 Å². The van der Waals surface area contributed by atoms with Gasteiger partial charge in [0.1, 0.15) is 18.0 Å². The number of carbonyl (C=O) groups excluding carboxylic acids is 1. The summed E-state index contributed by atoms with van der Waals surface area (Å²) >= 11 is 0. The van der Waals surface area contributed by atoms with Crippen molar-refractivity contribution in [3.63, 3.8) is 0 Å². The maximum absolute atomic E-state index is 12.3. The number of benzene rings is 2. The minimum atomic E-state index is -4.76. The van der Waals surface area contributed by atoms with Crippen LogP contribution >= 0.6 is 0 Å².